The smallest absolute Gasteiger partial charge is 0.241 e. The van der Waals surface area contributed by atoms with Gasteiger partial charge in [0.2, 0.25) is 5.91 Å². The second-order valence-corrected chi connectivity index (χ2v) is 7.96. The maximum atomic E-state index is 12.6. The van der Waals surface area contributed by atoms with Gasteiger partial charge in [-0.2, -0.15) is 11.8 Å². The number of nitrogens with zero attached hydrogens (tertiary/aromatic N) is 1. The molecule has 1 fully saturated rings. The Morgan fingerprint density at radius 1 is 1.15 bits per heavy atom. The Kier molecular flexibility index (Phi) is 7.38. The fourth-order valence-electron chi connectivity index (χ4n) is 2.92. The molecule has 1 amide bonds. The van der Waals surface area contributed by atoms with Crippen molar-refractivity contribution in [3.8, 4) is 0 Å². The first-order valence-electron chi connectivity index (χ1n) is 7.90. The summed E-state index contributed by atoms with van der Waals surface area (Å²) in [5.74, 6) is 3.16. The Hall–Kier alpha value is -0.220. The zero-order valence-corrected chi connectivity index (χ0v) is 14.8. The van der Waals surface area contributed by atoms with Gasteiger partial charge in [-0.05, 0) is 42.6 Å². The van der Waals surface area contributed by atoms with Gasteiger partial charge in [0.15, 0.2) is 0 Å². The monoisotopic (exact) mass is 300 g/mol. The van der Waals surface area contributed by atoms with Gasteiger partial charge in [0, 0.05) is 6.54 Å². The highest BCUT2D eigenvalue weighted by molar-refractivity contribution is 7.98. The third-order valence-electron chi connectivity index (χ3n) is 3.71. The topological polar surface area (TPSA) is 32.3 Å². The summed E-state index contributed by atoms with van der Waals surface area (Å²) in [6.07, 6.45) is 4.36. The van der Waals surface area contributed by atoms with Crippen LogP contribution in [0.15, 0.2) is 0 Å². The van der Waals surface area contributed by atoms with Crippen LogP contribution < -0.4 is 5.32 Å². The zero-order chi connectivity index (χ0) is 15.3. The molecule has 3 nitrogen and oxygen atoms in total. The summed E-state index contributed by atoms with van der Waals surface area (Å²) in [7, 11) is 0. The fourth-order valence-corrected chi connectivity index (χ4v) is 3.59. The second-order valence-electron chi connectivity index (χ2n) is 7.05. The van der Waals surface area contributed by atoms with Crippen molar-refractivity contribution < 1.29 is 4.79 Å². The molecule has 118 valence electrons. The quantitative estimate of drug-likeness (QED) is 0.747. The molecule has 0 aliphatic carbocycles. The molecule has 3 unspecified atom stereocenters. The molecule has 0 saturated carbocycles. The number of nitrogens with one attached hydrogen (secondary N) is 1. The molecule has 1 N–H and O–H groups in total. The summed E-state index contributed by atoms with van der Waals surface area (Å²) in [5.41, 5.74) is 0. The highest BCUT2D eigenvalue weighted by Gasteiger charge is 2.39. The number of thioether (sulfide) groups is 1. The largest absolute Gasteiger partial charge is 0.325 e. The Balaban J connectivity index is 2.71. The van der Waals surface area contributed by atoms with Gasteiger partial charge in [-0.1, -0.05) is 34.6 Å². The van der Waals surface area contributed by atoms with Crippen molar-refractivity contribution in [2.24, 2.45) is 17.8 Å². The predicted molar refractivity (Wildman–Crippen MR) is 88.9 cm³/mol. The highest BCUT2D eigenvalue weighted by atomic mass is 32.2. The number of rotatable bonds is 8. The summed E-state index contributed by atoms with van der Waals surface area (Å²) >= 11 is 1.86. The molecular formula is C16H32N2OS. The van der Waals surface area contributed by atoms with Crippen molar-refractivity contribution in [2.45, 2.75) is 59.7 Å². The summed E-state index contributed by atoms with van der Waals surface area (Å²) in [4.78, 5) is 14.7. The van der Waals surface area contributed by atoms with E-state index in [0.717, 1.165) is 25.1 Å². The first kappa shape index (κ1) is 17.8. The zero-order valence-electron chi connectivity index (χ0n) is 14.0. The third-order valence-corrected chi connectivity index (χ3v) is 4.61. The van der Waals surface area contributed by atoms with Crippen LogP contribution in [-0.2, 0) is 4.79 Å². The average molecular weight is 301 g/mol. The van der Waals surface area contributed by atoms with Crippen LogP contribution in [0.2, 0.25) is 0 Å². The van der Waals surface area contributed by atoms with Crippen molar-refractivity contribution in [1.29, 1.82) is 0 Å². The molecule has 0 aromatic heterocycles. The van der Waals surface area contributed by atoms with Gasteiger partial charge in [0.05, 0.1) is 12.2 Å². The van der Waals surface area contributed by atoms with Crippen LogP contribution in [0, 0.1) is 17.8 Å². The molecule has 1 rings (SSSR count). The fraction of sp³-hybridized carbons (Fsp3) is 0.938. The molecule has 1 saturated heterocycles. The van der Waals surface area contributed by atoms with E-state index in [1.807, 2.05) is 11.8 Å². The highest BCUT2D eigenvalue weighted by Crippen LogP contribution is 2.23. The lowest BCUT2D eigenvalue weighted by molar-refractivity contribution is -0.130. The molecule has 0 aromatic carbocycles. The lowest BCUT2D eigenvalue weighted by Gasteiger charge is -2.28. The summed E-state index contributed by atoms with van der Waals surface area (Å²) in [6.45, 7) is 12.0. The van der Waals surface area contributed by atoms with Crippen molar-refractivity contribution in [2.75, 3.05) is 18.6 Å². The van der Waals surface area contributed by atoms with Crippen LogP contribution in [0.1, 0.15) is 47.5 Å². The van der Waals surface area contributed by atoms with Gasteiger partial charge in [-0.25, -0.2) is 0 Å². The average Bonchev–Trinajstić information content (AvgIpc) is 2.56. The number of amides is 1. The lowest BCUT2D eigenvalue weighted by Crippen LogP contribution is -2.41. The van der Waals surface area contributed by atoms with Crippen LogP contribution in [0.25, 0.3) is 0 Å². The summed E-state index contributed by atoms with van der Waals surface area (Å²) in [5, 5.41) is 3.57. The van der Waals surface area contributed by atoms with Crippen LogP contribution in [-0.4, -0.2) is 41.6 Å². The Bertz CT molecular complexity index is 307. The van der Waals surface area contributed by atoms with E-state index >= 15 is 0 Å². The number of hydrogen-bond donors (Lipinski definition) is 1. The van der Waals surface area contributed by atoms with E-state index in [9.17, 15) is 4.79 Å². The van der Waals surface area contributed by atoms with E-state index in [1.165, 1.54) is 0 Å². The molecule has 1 aliphatic rings. The molecular weight excluding hydrogens is 268 g/mol. The molecule has 0 radical (unpaired) electrons. The van der Waals surface area contributed by atoms with Gasteiger partial charge in [0.25, 0.3) is 0 Å². The van der Waals surface area contributed by atoms with Gasteiger partial charge < -0.3 is 4.90 Å². The normalized spacial score (nSPS) is 25.0. The maximum Gasteiger partial charge on any atom is 0.241 e. The molecule has 0 spiro atoms. The van der Waals surface area contributed by atoms with Gasteiger partial charge >= 0.3 is 0 Å². The minimum atomic E-state index is 0.0280. The van der Waals surface area contributed by atoms with E-state index in [2.05, 4.69) is 51.1 Å². The van der Waals surface area contributed by atoms with Crippen molar-refractivity contribution >= 4 is 17.7 Å². The van der Waals surface area contributed by atoms with E-state index in [0.29, 0.717) is 23.7 Å². The number of hydrogen-bond acceptors (Lipinski definition) is 3. The first-order valence-corrected chi connectivity index (χ1v) is 9.30. The van der Waals surface area contributed by atoms with Gasteiger partial charge in [-0.3, -0.25) is 10.1 Å². The SMILES string of the molecule is CSCC(C)CN1C(=O)C(CC(C)C)NC1CC(C)C. The van der Waals surface area contributed by atoms with Gasteiger partial charge in [0.1, 0.15) is 0 Å². The minimum absolute atomic E-state index is 0.0280. The van der Waals surface area contributed by atoms with E-state index in [4.69, 9.17) is 0 Å². The molecule has 0 bridgehead atoms. The van der Waals surface area contributed by atoms with Crippen molar-refractivity contribution in [1.82, 2.24) is 10.2 Å². The minimum Gasteiger partial charge on any atom is -0.325 e. The standard InChI is InChI=1S/C16H32N2OS/c1-11(2)7-14-16(19)18(9-13(5)10-20-6)15(17-14)8-12(3)4/h11-15,17H,7-10H2,1-6H3. The number of carbonyl (C=O) groups excluding carboxylic acids is 1. The van der Waals surface area contributed by atoms with Crippen LogP contribution in [0.5, 0.6) is 0 Å². The van der Waals surface area contributed by atoms with E-state index in [1.54, 1.807) is 0 Å². The van der Waals surface area contributed by atoms with Gasteiger partial charge in [-0.15, -0.1) is 0 Å². The molecule has 1 heterocycles. The molecule has 0 aromatic rings. The predicted octanol–water partition coefficient (Wildman–Crippen LogP) is 3.20. The Morgan fingerprint density at radius 2 is 1.75 bits per heavy atom. The van der Waals surface area contributed by atoms with Crippen molar-refractivity contribution in [3.63, 3.8) is 0 Å². The first-order chi connectivity index (χ1) is 9.35. The van der Waals surface area contributed by atoms with E-state index in [-0.39, 0.29) is 12.2 Å². The number of carbonyl (C=O) groups is 1. The summed E-state index contributed by atoms with van der Waals surface area (Å²) < 4.78 is 0. The second kappa shape index (κ2) is 8.28. The van der Waals surface area contributed by atoms with Crippen LogP contribution in [0.3, 0.4) is 0 Å². The maximum absolute atomic E-state index is 12.6. The molecule has 4 heteroatoms. The lowest BCUT2D eigenvalue weighted by atomic mass is 10.0. The Morgan fingerprint density at radius 3 is 2.25 bits per heavy atom. The molecule has 3 atom stereocenters. The van der Waals surface area contributed by atoms with Crippen LogP contribution >= 0.6 is 11.8 Å². The van der Waals surface area contributed by atoms with Crippen molar-refractivity contribution in [3.05, 3.63) is 0 Å². The molecule has 1 aliphatic heterocycles. The van der Waals surface area contributed by atoms with Crippen LogP contribution in [0.4, 0.5) is 0 Å². The van der Waals surface area contributed by atoms with E-state index < -0.39 is 0 Å². The third kappa shape index (κ3) is 5.28. The summed E-state index contributed by atoms with van der Waals surface area (Å²) in [6, 6.07) is 0.0280. The Labute approximate surface area is 129 Å². The molecule has 20 heavy (non-hydrogen) atoms.